The molecule has 0 saturated heterocycles. The van der Waals surface area contributed by atoms with Crippen molar-refractivity contribution in [2.45, 2.75) is 38.1 Å². The average Bonchev–Trinajstić information content (AvgIpc) is 2.74. The molecule has 19 heavy (non-hydrogen) atoms. The fourth-order valence-electron chi connectivity index (χ4n) is 2.58. The zero-order valence-electron chi connectivity index (χ0n) is 11.1. The van der Waals surface area contributed by atoms with Crippen LogP contribution in [0.25, 0.3) is 11.2 Å². The van der Waals surface area contributed by atoms with Crippen LogP contribution in [0.1, 0.15) is 31.5 Å². The summed E-state index contributed by atoms with van der Waals surface area (Å²) >= 11 is 6.00. The number of methoxy groups -OCH3 is 1. The van der Waals surface area contributed by atoms with E-state index in [1.54, 1.807) is 7.11 Å². The number of ether oxygens (including phenoxy) is 1. The van der Waals surface area contributed by atoms with Crippen LogP contribution >= 0.6 is 11.6 Å². The second-order valence-corrected chi connectivity index (χ2v) is 5.36. The van der Waals surface area contributed by atoms with E-state index in [0.717, 1.165) is 29.5 Å². The molecule has 0 N–H and O–H groups in total. The van der Waals surface area contributed by atoms with E-state index in [-0.39, 0.29) is 0 Å². The molecule has 4 nitrogen and oxygen atoms in total. The quantitative estimate of drug-likeness (QED) is 0.788. The number of alkyl halides is 1. The predicted octanol–water partition coefficient (Wildman–Crippen LogP) is 3.37. The number of aromatic nitrogens is 3. The second-order valence-electron chi connectivity index (χ2n) is 5.10. The van der Waals surface area contributed by atoms with Gasteiger partial charge >= 0.3 is 0 Å². The topological polar surface area (TPSA) is 39.9 Å². The number of aryl methyl sites for hydroxylation is 1. The van der Waals surface area contributed by atoms with Gasteiger partial charge in [0.25, 0.3) is 0 Å². The number of rotatable bonds is 5. The first-order chi connectivity index (χ1) is 9.31. The third kappa shape index (κ3) is 2.41. The molecule has 0 atom stereocenters. The Morgan fingerprint density at radius 3 is 2.84 bits per heavy atom. The van der Waals surface area contributed by atoms with Crippen molar-refractivity contribution in [3.63, 3.8) is 0 Å². The lowest BCUT2D eigenvalue weighted by Crippen LogP contribution is -2.15. The van der Waals surface area contributed by atoms with Gasteiger partial charge in [0.2, 0.25) is 5.88 Å². The standard InChI is InChI=1S/C14H18ClN3O/c1-19-13-6-5-11-14(17-13)18(12(9-15)16-11)8-7-10-3-2-4-10/h5-6,10H,2-4,7-9H2,1H3. The van der Waals surface area contributed by atoms with E-state index in [1.165, 1.54) is 25.7 Å². The van der Waals surface area contributed by atoms with Gasteiger partial charge in [-0.05, 0) is 18.4 Å². The van der Waals surface area contributed by atoms with Crippen LogP contribution in [0.15, 0.2) is 12.1 Å². The first kappa shape index (κ1) is 12.7. The van der Waals surface area contributed by atoms with Gasteiger partial charge in [0.15, 0.2) is 5.65 Å². The number of hydrogen-bond acceptors (Lipinski definition) is 3. The van der Waals surface area contributed by atoms with Crippen molar-refractivity contribution >= 4 is 22.8 Å². The third-order valence-corrected chi connectivity index (χ3v) is 4.20. The molecule has 1 aliphatic carbocycles. The van der Waals surface area contributed by atoms with Crippen LogP contribution in [-0.4, -0.2) is 21.6 Å². The van der Waals surface area contributed by atoms with E-state index < -0.39 is 0 Å². The van der Waals surface area contributed by atoms with Crippen LogP contribution < -0.4 is 4.74 Å². The zero-order valence-corrected chi connectivity index (χ0v) is 11.9. The van der Waals surface area contributed by atoms with Crippen LogP contribution in [0.5, 0.6) is 5.88 Å². The van der Waals surface area contributed by atoms with E-state index in [9.17, 15) is 0 Å². The molecule has 5 heteroatoms. The highest BCUT2D eigenvalue weighted by atomic mass is 35.5. The Hall–Kier alpha value is -1.29. The molecule has 3 rings (SSSR count). The number of halogens is 1. The highest BCUT2D eigenvalue weighted by Crippen LogP contribution is 2.30. The molecule has 2 heterocycles. The molecule has 0 aliphatic heterocycles. The maximum absolute atomic E-state index is 6.00. The summed E-state index contributed by atoms with van der Waals surface area (Å²) < 4.78 is 7.33. The van der Waals surface area contributed by atoms with Gasteiger partial charge in [-0.3, -0.25) is 0 Å². The molecule has 0 radical (unpaired) electrons. The molecule has 0 bridgehead atoms. The molecule has 0 unspecified atom stereocenters. The van der Waals surface area contributed by atoms with Gasteiger partial charge in [-0.15, -0.1) is 11.6 Å². The van der Waals surface area contributed by atoms with Gasteiger partial charge in [-0.2, -0.15) is 4.98 Å². The van der Waals surface area contributed by atoms with Crippen molar-refractivity contribution < 1.29 is 4.74 Å². The Kier molecular flexibility index (Phi) is 3.60. The van der Waals surface area contributed by atoms with Crippen LogP contribution in [-0.2, 0) is 12.4 Å². The molecule has 0 amide bonds. The molecule has 0 spiro atoms. The number of fused-ring (bicyclic) bond motifs is 1. The van der Waals surface area contributed by atoms with Gasteiger partial charge in [0.05, 0.1) is 13.0 Å². The van der Waals surface area contributed by atoms with Crippen molar-refractivity contribution in [2.75, 3.05) is 7.11 Å². The summed E-state index contributed by atoms with van der Waals surface area (Å²) in [4.78, 5) is 9.04. The first-order valence-corrected chi connectivity index (χ1v) is 7.31. The minimum atomic E-state index is 0.420. The monoisotopic (exact) mass is 279 g/mol. The summed E-state index contributed by atoms with van der Waals surface area (Å²) in [5.41, 5.74) is 1.78. The second kappa shape index (κ2) is 5.37. The summed E-state index contributed by atoms with van der Waals surface area (Å²) in [6.45, 7) is 0.948. The Labute approximate surface area is 117 Å². The molecule has 1 saturated carbocycles. The third-order valence-electron chi connectivity index (χ3n) is 3.96. The lowest BCUT2D eigenvalue weighted by Gasteiger charge is -2.25. The van der Waals surface area contributed by atoms with Gasteiger partial charge in [0.1, 0.15) is 11.3 Å². The number of nitrogens with zero attached hydrogens (tertiary/aromatic N) is 3. The average molecular weight is 280 g/mol. The molecular weight excluding hydrogens is 262 g/mol. The number of hydrogen-bond donors (Lipinski definition) is 0. The van der Waals surface area contributed by atoms with Gasteiger partial charge in [-0.1, -0.05) is 19.3 Å². The van der Waals surface area contributed by atoms with Gasteiger partial charge < -0.3 is 9.30 Å². The summed E-state index contributed by atoms with van der Waals surface area (Å²) in [6.07, 6.45) is 5.29. The molecule has 2 aromatic rings. The van der Waals surface area contributed by atoms with Crippen LogP contribution in [0.2, 0.25) is 0 Å². The molecule has 2 aromatic heterocycles. The van der Waals surface area contributed by atoms with Crippen molar-refractivity contribution in [2.24, 2.45) is 5.92 Å². The van der Waals surface area contributed by atoms with Crippen LogP contribution in [0, 0.1) is 5.92 Å². The largest absolute Gasteiger partial charge is 0.481 e. The number of imidazole rings is 1. The predicted molar refractivity (Wildman–Crippen MR) is 75.6 cm³/mol. The fraction of sp³-hybridized carbons (Fsp3) is 0.571. The van der Waals surface area contributed by atoms with E-state index in [0.29, 0.717) is 11.8 Å². The highest BCUT2D eigenvalue weighted by molar-refractivity contribution is 6.16. The van der Waals surface area contributed by atoms with E-state index in [2.05, 4.69) is 14.5 Å². The summed E-state index contributed by atoms with van der Waals surface area (Å²) in [5.74, 6) is 2.81. The minimum absolute atomic E-state index is 0.420. The lowest BCUT2D eigenvalue weighted by atomic mass is 9.83. The molecule has 0 aromatic carbocycles. The normalized spacial score (nSPS) is 15.7. The van der Waals surface area contributed by atoms with Crippen LogP contribution in [0.3, 0.4) is 0 Å². The maximum Gasteiger partial charge on any atom is 0.215 e. The Bertz CT molecular complexity index is 577. The van der Waals surface area contributed by atoms with Gasteiger partial charge in [0, 0.05) is 12.6 Å². The Balaban J connectivity index is 1.93. The van der Waals surface area contributed by atoms with Crippen molar-refractivity contribution in [3.05, 3.63) is 18.0 Å². The molecule has 1 aliphatic rings. The van der Waals surface area contributed by atoms with Crippen molar-refractivity contribution in [1.29, 1.82) is 0 Å². The molecule has 102 valence electrons. The minimum Gasteiger partial charge on any atom is -0.481 e. The van der Waals surface area contributed by atoms with Crippen molar-refractivity contribution in [1.82, 2.24) is 14.5 Å². The first-order valence-electron chi connectivity index (χ1n) is 6.78. The SMILES string of the molecule is COc1ccc2nc(CCl)n(CCC3CCC3)c2n1. The van der Waals surface area contributed by atoms with E-state index >= 15 is 0 Å². The van der Waals surface area contributed by atoms with Crippen molar-refractivity contribution in [3.8, 4) is 5.88 Å². The zero-order chi connectivity index (χ0) is 13.2. The van der Waals surface area contributed by atoms with Crippen LogP contribution in [0.4, 0.5) is 0 Å². The number of pyridine rings is 1. The summed E-state index contributed by atoms with van der Waals surface area (Å²) in [5, 5.41) is 0. The summed E-state index contributed by atoms with van der Waals surface area (Å²) in [7, 11) is 1.63. The van der Waals surface area contributed by atoms with E-state index in [4.69, 9.17) is 16.3 Å². The lowest BCUT2D eigenvalue weighted by molar-refractivity contribution is 0.282. The van der Waals surface area contributed by atoms with E-state index in [1.807, 2.05) is 12.1 Å². The highest BCUT2D eigenvalue weighted by Gasteiger charge is 2.19. The fourth-order valence-corrected chi connectivity index (χ4v) is 2.78. The Morgan fingerprint density at radius 1 is 1.37 bits per heavy atom. The molecular formula is C14H18ClN3O. The maximum atomic E-state index is 6.00. The van der Waals surface area contributed by atoms with Gasteiger partial charge in [-0.25, -0.2) is 4.98 Å². The Morgan fingerprint density at radius 2 is 2.21 bits per heavy atom. The summed E-state index contributed by atoms with van der Waals surface area (Å²) in [6, 6.07) is 3.78. The molecule has 1 fully saturated rings. The smallest absolute Gasteiger partial charge is 0.215 e.